The van der Waals surface area contributed by atoms with E-state index in [2.05, 4.69) is 25.4 Å². The molecule has 0 bridgehead atoms. The highest BCUT2D eigenvalue weighted by Gasteiger charge is 2.23. The van der Waals surface area contributed by atoms with Crippen LogP contribution >= 0.6 is 11.3 Å². The fourth-order valence-electron chi connectivity index (χ4n) is 2.83. The smallest absolute Gasteiger partial charge is 0.261 e. The van der Waals surface area contributed by atoms with Crippen molar-refractivity contribution < 1.29 is 9.59 Å². The Morgan fingerprint density at radius 3 is 2.81 bits per heavy atom. The highest BCUT2D eigenvalue weighted by molar-refractivity contribution is 7.18. The first-order valence-corrected chi connectivity index (χ1v) is 9.68. The Hall–Kier alpha value is -2.22. The topological polar surface area (TPSA) is 88.9 Å². The lowest BCUT2D eigenvalue weighted by atomic mass is 9.96. The average molecular weight is 375 g/mol. The summed E-state index contributed by atoms with van der Waals surface area (Å²) < 4.78 is 2.14. The van der Waals surface area contributed by atoms with Gasteiger partial charge in [0.1, 0.15) is 11.6 Å². The van der Waals surface area contributed by atoms with E-state index < -0.39 is 5.41 Å². The van der Waals surface area contributed by atoms with Crippen LogP contribution in [0.25, 0.3) is 0 Å². The molecule has 0 atom stereocenters. The van der Waals surface area contributed by atoms with Crippen molar-refractivity contribution in [3.05, 3.63) is 28.2 Å². The van der Waals surface area contributed by atoms with Crippen LogP contribution in [0.2, 0.25) is 0 Å². The number of thiophene rings is 1. The van der Waals surface area contributed by atoms with E-state index in [-0.39, 0.29) is 11.8 Å². The molecule has 26 heavy (non-hydrogen) atoms. The molecular formula is C18H25N5O2S. The molecule has 2 aromatic heterocycles. The lowest BCUT2D eigenvalue weighted by Crippen LogP contribution is -2.27. The molecule has 0 aliphatic carbocycles. The molecular weight excluding hydrogens is 350 g/mol. The van der Waals surface area contributed by atoms with Gasteiger partial charge in [-0.25, -0.2) is 0 Å². The first-order valence-electron chi connectivity index (χ1n) is 8.87. The highest BCUT2D eigenvalue weighted by atomic mass is 32.1. The number of carbonyl (C=O) groups excluding carboxylic acids is 2. The van der Waals surface area contributed by atoms with Crippen molar-refractivity contribution in [1.82, 2.24) is 20.1 Å². The maximum Gasteiger partial charge on any atom is 0.261 e. The summed E-state index contributed by atoms with van der Waals surface area (Å²) in [5, 5.41) is 14.9. The van der Waals surface area contributed by atoms with Crippen LogP contribution in [-0.2, 0) is 24.2 Å². The Bertz CT molecular complexity index is 831. The zero-order valence-corrected chi connectivity index (χ0v) is 16.5. The molecule has 0 unspecified atom stereocenters. The predicted octanol–water partition coefficient (Wildman–Crippen LogP) is 2.55. The molecule has 1 aliphatic rings. The number of carbonyl (C=O) groups is 2. The van der Waals surface area contributed by atoms with E-state index in [0.717, 1.165) is 36.6 Å². The van der Waals surface area contributed by atoms with E-state index >= 15 is 0 Å². The minimum Gasteiger partial charge on any atom is -0.351 e. The summed E-state index contributed by atoms with van der Waals surface area (Å²) in [4.78, 5) is 25.2. The molecule has 2 amide bonds. The molecule has 3 heterocycles. The SMILES string of the molecule is Cc1cc(NC(=O)C(C)(C)C)sc1C(=O)NCCc1nnc2n1CCC2. The van der Waals surface area contributed by atoms with Crippen molar-refractivity contribution in [3.8, 4) is 0 Å². The summed E-state index contributed by atoms with van der Waals surface area (Å²) in [7, 11) is 0. The third-order valence-corrected chi connectivity index (χ3v) is 5.51. The third kappa shape index (κ3) is 3.95. The third-order valence-electron chi connectivity index (χ3n) is 4.36. The molecule has 0 saturated heterocycles. The van der Waals surface area contributed by atoms with Gasteiger partial charge in [-0.2, -0.15) is 0 Å². The van der Waals surface area contributed by atoms with Gasteiger partial charge in [-0.3, -0.25) is 9.59 Å². The number of nitrogens with one attached hydrogen (secondary N) is 2. The molecule has 2 N–H and O–H groups in total. The van der Waals surface area contributed by atoms with Crippen molar-refractivity contribution in [2.45, 2.75) is 53.5 Å². The maximum atomic E-state index is 12.5. The summed E-state index contributed by atoms with van der Waals surface area (Å²) in [5.41, 5.74) is 0.388. The van der Waals surface area contributed by atoms with Crippen molar-refractivity contribution in [1.29, 1.82) is 0 Å². The van der Waals surface area contributed by atoms with Crippen molar-refractivity contribution in [2.75, 3.05) is 11.9 Å². The Balaban J connectivity index is 1.57. The van der Waals surface area contributed by atoms with Gasteiger partial charge in [-0.1, -0.05) is 20.8 Å². The van der Waals surface area contributed by atoms with E-state index in [4.69, 9.17) is 0 Å². The average Bonchev–Trinajstić information content (AvgIpc) is 3.23. The van der Waals surface area contributed by atoms with Crippen LogP contribution in [-0.4, -0.2) is 33.1 Å². The number of amides is 2. The van der Waals surface area contributed by atoms with Crippen LogP contribution in [0.1, 0.15) is 54.1 Å². The first-order chi connectivity index (χ1) is 12.3. The fourth-order valence-corrected chi connectivity index (χ4v) is 3.82. The number of hydrogen-bond donors (Lipinski definition) is 2. The number of anilines is 1. The minimum absolute atomic E-state index is 0.0635. The van der Waals surface area contributed by atoms with Gasteiger partial charge in [-0.15, -0.1) is 21.5 Å². The van der Waals surface area contributed by atoms with Gasteiger partial charge in [0.25, 0.3) is 5.91 Å². The van der Waals surface area contributed by atoms with E-state index in [1.807, 2.05) is 33.8 Å². The summed E-state index contributed by atoms with van der Waals surface area (Å²) >= 11 is 1.30. The Labute approximate surface area is 157 Å². The van der Waals surface area contributed by atoms with Crippen molar-refractivity contribution in [2.24, 2.45) is 5.41 Å². The largest absolute Gasteiger partial charge is 0.351 e. The molecule has 2 aromatic rings. The lowest BCUT2D eigenvalue weighted by Gasteiger charge is -2.16. The number of fused-ring (bicyclic) bond motifs is 1. The van der Waals surface area contributed by atoms with Crippen LogP contribution in [0.5, 0.6) is 0 Å². The van der Waals surface area contributed by atoms with Gasteiger partial charge in [0.15, 0.2) is 0 Å². The van der Waals surface area contributed by atoms with Gasteiger partial charge in [-0.05, 0) is 25.0 Å². The summed E-state index contributed by atoms with van der Waals surface area (Å²) in [6.07, 6.45) is 2.76. The van der Waals surface area contributed by atoms with Gasteiger partial charge in [0.05, 0.1) is 9.88 Å². The number of aryl methyl sites for hydroxylation is 2. The zero-order chi connectivity index (χ0) is 18.9. The van der Waals surface area contributed by atoms with Crippen LogP contribution in [0.4, 0.5) is 5.00 Å². The maximum absolute atomic E-state index is 12.5. The Morgan fingerprint density at radius 1 is 1.31 bits per heavy atom. The number of hydrogen-bond acceptors (Lipinski definition) is 5. The zero-order valence-electron chi connectivity index (χ0n) is 15.7. The number of rotatable bonds is 5. The second-order valence-corrected chi connectivity index (χ2v) is 8.67. The molecule has 8 heteroatoms. The Kier molecular flexibility index (Phi) is 5.13. The monoisotopic (exact) mass is 375 g/mol. The second kappa shape index (κ2) is 7.19. The quantitative estimate of drug-likeness (QED) is 0.840. The molecule has 3 rings (SSSR count). The molecule has 0 saturated carbocycles. The molecule has 0 aromatic carbocycles. The van der Waals surface area contributed by atoms with Crippen LogP contribution in [0.15, 0.2) is 6.07 Å². The molecule has 7 nitrogen and oxygen atoms in total. The standard InChI is InChI=1S/C18H25N5O2S/c1-11-10-14(20-17(25)18(2,3)4)26-15(11)16(24)19-8-7-13-22-21-12-6-5-9-23(12)13/h10H,5-9H2,1-4H3,(H,19,24)(H,20,25). The number of aromatic nitrogens is 3. The molecule has 0 fully saturated rings. The fraction of sp³-hybridized carbons (Fsp3) is 0.556. The van der Waals surface area contributed by atoms with Gasteiger partial charge >= 0.3 is 0 Å². The summed E-state index contributed by atoms with van der Waals surface area (Å²) in [5.74, 6) is 1.79. The second-order valence-electron chi connectivity index (χ2n) is 7.62. The minimum atomic E-state index is -0.473. The lowest BCUT2D eigenvalue weighted by molar-refractivity contribution is -0.123. The van der Waals surface area contributed by atoms with Crippen LogP contribution in [0, 0.1) is 12.3 Å². The first kappa shape index (κ1) is 18.6. The highest BCUT2D eigenvalue weighted by Crippen LogP contribution is 2.28. The van der Waals surface area contributed by atoms with Gasteiger partial charge in [0.2, 0.25) is 5.91 Å². The van der Waals surface area contributed by atoms with E-state index in [1.165, 1.54) is 11.3 Å². The summed E-state index contributed by atoms with van der Waals surface area (Å²) in [6, 6.07) is 1.84. The van der Waals surface area contributed by atoms with Crippen molar-refractivity contribution >= 4 is 28.2 Å². The predicted molar refractivity (Wildman–Crippen MR) is 102 cm³/mol. The summed E-state index contributed by atoms with van der Waals surface area (Å²) in [6.45, 7) is 8.93. The van der Waals surface area contributed by atoms with Gasteiger partial charge < -0.3 is 15.2 Å². The van der Waals surface area contributed by atoms with E-state index in [0.29, 0.717) is 22.8 Å². The molecule has 1 aliphatic heterocycles. The Morgan fingerprint density at radius 2 is 2.08 bits per heavy atom. The van der Waals surface area contributed by atoms with Crippen LogP contribution in [0.3, 0.4) is 0 Å². The number of nitrogens with zero attached hydrogens (tertiary/aromatic N) is 3. The molecule has 0 radical (unpaired) electrons. The van der Waals surface area contributed by atoms with Gasteiger partial charge in [0, 0.05) is 31.3 Å². The van der Waals surface area contributed by atoms with Crippen molar-refractivity contribution in [3.63, 3.8) is 0 Å². The molecule has 140 valence electrons. The van der Waals surface area contributed by atoms with Crippen LogP contribution < -0.4 is 10.6 Å². The van der Waals surface area contributed by atoms with E-state index in [9.17, 15) is 9.59 Å². The van der Waals surface area contributed by atoms with E-state index in [1.54, 1.807) is 0 Å². The molecule has 0 spiro atoms. The normalized spacial score (nSPS) is 13.5.